The van der Waals surface area contributed by atoms with Crippen LogP contribution in [0.1, 0.15) is 15.2 Å². The Morgan fingerprint density at radius 1 is 1.00 bits per heavy atom. The van der Waals surface area contributed by atoms with Crippen molar-refractivity contribution in [1.29, 1.82) is 0 Å². The van der Waals surface area contributed by atoms with Gasteiger partial charge in [0, 0.05) is 26.5 Å². The number of rotatable bonds is 1. The van der Waals surface area contributed by atoms with Crippen LogP contribution in [0.15, 0.2) is 59.1 Å². The van der Waals surface area contributed by atoms with E-state index in [-0.39, 0.29) is 0 Å². The lowest BCUT2D eigenvalue weighted by Crippen LogP contribution is -2.31. The largest absolute Gasteiger partial charge is 0.456 e. The summed E-state index contributed by atoms with van der Waals surface area (Å²) in [4.78, 5) is 0. The second-order valence-corrected chi connectivity index (χ2v) is 5.68. The molecule has 0 spiro atoms. The van der Waals surface area contributed by atoms with E-state index in [1.807, 2.05) is 41.9 Å². The highest BCUT2D eigenvalue weighted by molar-refractivity contribution is 6.06. The van der Waals surface area contributed by atoms with Gasteiger partial charge in [-0.3, -0.25) is 0 Å². The molecular formula is C20H18NO+. The standard InChI is InChI=1S/C20H18NO/c1-13-8-9-18(21(3)12-13)16-11-20-17(10-14(16)2)15-6-4-5-7-19(15)22-20/h4-12H,1-3H3/q+1/i1D3. The van der Waals surface area contributed by atoms with E-state index in [9.17, 15) is 0 Å². The van der Waals surface area contributed by atoms with Crippen LogP contribution < -0.4 is 4.57 Å². The molecule has 0 radical (unpaired) electrons. The van der Waals surface area contributed by atoms with Gasteiger partial charge in [-0.15, -0.1) is 0 Å². The smallest absolute Gasteiger partial charge is 0.212 e. The molecule has 0 aliphatic heterocycles. The zero-order valence-electron chi connectivity index (χ0n) is 15.6. The van der Waals surface area contributed by atoms with Gasteiger partial charge >= 0.3 is 0 Å². The quantitative estimate of drug-likeness (QED) is 0.465. The number of nitrogens with zero attached hydrogens (tertiary/aromatic N) is 1. The fraction of sp³-hybridized carbons (Fsp3) is 0.150. The van der Waals surface area contributed by atoms with Crippen LogP contribution in [0.25, 0.3) is 33.2 Å². The van der Waals surface area contributed by atoms with Gasteiger partial charge in [0.1, 0.15) is 18.2 Å². The number of benzene rings is 2. The highest BCUT2D eigenvalue weighted by Gasteiger charge is 2.16. The Morgan fingerprint density at radius 3 is 2.68 bits per heavy atom. The molecule has 0 unspecified atom stereocenters. The number of pyridine rings is 1. The second-order valence-electron chi connectivity index (χ2n) is 5.68. The molecule has 108 valence electrons. The van der Waals surface area contributed by atoms with Gasteiger partial charge in [-0.2, -0.15) is 0 Å². The molecule has 0 aliphatic carbocycles. The van der Waals surface area contributed by atoms with Crippen LogP contribution in [0.5, 0.6) is 0 Å². The van der Waals surface area contributed by atoms with E-state index in [2.05, 4.69) is 19.1 Å². The molecule has 0 fully saturated rings. The summed E-state index contributed by atoms with van der Waals surface area (Å²) in [6, 6.07) is 15.7. The van der Waals surface area contributed by atoms with Crippen LogP contribution in [-0.4, -0.2) is 0 Å². The third kappa shape index (κ3) is 1.92. The van der Waals surface area contributed by atoms with Crippen LogP contribution >= 0.6 is 0 Å². The topological polar surface area (TPSA) is 17.0 Å². The fourth-order valence-electron chi connectivity index (χ4n) is 3.04. The Hall–Kier alpha value is -2.61. The van der Waals surface area contributed by atoms with Gasteiger partial charge in [0.05, 0.1) is 5.56 Å². The van der Waals surface area contributed by atoms with E-state index >= 15 is 0 Å². The Labute approximate surface area is 133 Å². The van der Waals surface area contributed by atoms with E-state index in [0.717, 1.165) is 38.8 Å². The molecule has 2 nitrogen and oxygen atoms in total. The summed E-state index contributed by atoms with van der Waals surface area (Å²) in [5.74, 6) is 0. The number of furan rings is 1. The first-order chi connectivity index (χ1) is 11.8. The molecule has 2 heterocycles. The molecule has 2 heteroatoms. The fourth-order valence-corrected chi connectivity index (χ4v) is 3.04. The first kappa shape index (κ1) is 10.2. The van der Waals surface area contributed by atoms with Crippen LogP contribution in [0.3, 0.4) is 0 Å². The summed E-state index contributed by atoms with van der Waals surface area (Å²) in [6.45, 7) is -0.0394. The minimum atomic E-state index is -2.10. The van der Waals surface area contributed by atoms with Crippen molar-refractivity contribution in [2.24, 2.45) is 7.05 Å². The SMILES string of the molecule is [2H]C([2H])([2H])c1ccc(-c2cc3oc4ccccc4c3cc2C)[n+](C)c1. The summed E-state index contributed by atoms with van der Waals surface area (Å²) in [7, 11) is 1.87. The Balaban J connectivity index is 1.92. The lowest BCUT2D eigenvalue weighted by Gasteiger charge is -2.05. The molecule has 0 saturated heterocycles. The first-order valence-electron chi connectivity index (χ1n) is 8.77. The third-order valence-corrected chi connectivity index (χ3v) is 4.13. The first-order valence-corrected chi connectivity index (χ1v) is 7.27. The maximum absolute atomic E-state index is 7.56. The van der Waals surface area contributed by atoms with Crippen molar-refractivity contribution < 1.29 is 13.1 Å². The predicted octanol–water partition coefficient (Wildman–Crippen LogP) is 4.69. The zero-order chi connectivity index (χ0) is 17.8. The lowest BCUT2D eigenvalue weighted by atomic mass is 10.0. The van der Waals surface area contributed by atoms with Crippen molar-refractivity contribution in [2.45, 2.75) is 13.8 Å². The molecule has 2 aromatic heterocycles. The number of fused-ring (bicyclic) bond motifs is 3. The predicted molar refractivity (Wildman–Crippen MR) is 89.8 cm³/mol. The Morgan fingerprint density at radius 2 is 1.86 bits per heavy atom. The number of hydrogen-bond donors (Lipinski definition) is 0. The van der Waals surface area contributed by atoms with Crippen LogP contribution in [0.2, 0.25) is 0 Å². The summed E-state index contributed by atoms with van der Waals surface area (Å²) in [5.41, 5.74) is 5.15. The number of aryl methyl sites for hydroxylation is 3. The van der Waals surface area contributed by atoms with Crippen molar-refractivity contribution in [1.82, 2.24) is 0 Å². The van der Waals surface area contributed by atoms with Gasteiger partial charge in [-0.1, -0.05) is 18.2 Å². The van der Waals surface area contributed by atoms with Crippen molar-refractivity contribution in [3.05, 3.63) is 65.9 Å². The minimum Gasteiger partial charge on any atom is -0.456 e. The molecule has 2 aromatic carbocycles. The number of hydrogen-bond acceptors (Lipinski definition) is 1. The molecule has 0 aliphatic rings. The van der Waals surface area contributed by atoms with Crippen molar-refractivity contribution in [3.63, 3.8) is 0 Å². The molecule has 4 rings (SSSR count). The van der Waals surface area contributed by atoms with E-state index in [1.165, 1.54) is 0 Å². The number of para-hydroxylation sites is 1. The summed E-state index contributed by atoms with van der Waals surface area (Å²) in [5, 5.41) is 2.20. The average molecular weight is 291 g/mol. The molecule has 4 aromatic rings. The van der Waals surface area contributed by atoms with Gasteiger partial charge in [-0.05, 0) is 43.6 Å². The molecule has 0 atom stereocenters. The monoisotopic (exact) mass is 291 g/mol. The minimum absolute atomic E-state index is 0.334. The zero-order valence-corrected chi connectivity index (χ0v) is 12.6. The van der Waals surface area contributed by atoms with Crippen LogP contribution in [0.4, 0.5) is 0 Å². The second kappa shape index (κ2) is 4.70. The summed E-state index contributed by atoms with van der Waals surface area (Å²) in [6.07, 6.45) is 1.67. The van der Waals surface area contributed by atoms with Gasteiger partial charge in [-0.25, -0.2) is 4.57 Å². The average Bonchev–Trinajstić information content (AvgIpc) is 2.91. The van der Waals surface area contributed by atoms with Crippen molar-refractivity contribution in [2.75, 3.05) is 0 Å². The van der Waals surface area contributed by atoms with E-state index in [0.29, 0.717) is 5.56 Å². The van der Waals surface area contributed by atoms with Gasteiger partial charge in [0.2, 0.25) is 5.69 Å². The van der Waals surface area contributed by atoms with E-state index in [4.69, 9.17) is 8.53 Å². The van der Waals surface area contributed by atoms with E-state index < -0.39 is 6.85 Å². The summed E-state index contributed by atoms with van der Waals surface area (Å²) < 4.78 is 30.5. The molecular weight excluding hydrogens is 270 g/mol. The molecule has 0 bridgehead atoms. The Bertz CT molecular complexity index is 1110. The maximum atomic E-state index is 7.56. The van der Waals surface area contributed by atoms with Gasteiger partial charge in [0.15, 0.2) is 6.20 Å². The molecule has 22 heavy (non-hydrogen) atoms. The van der Waals surface area contributed by atoms with E-state index in [1.54, 1.807) is 12.3 Å². The highest BCUT2D eigenvalue weighted by Crippen LogP contribution is 2.33. The van der Waals surface area contributed by atoms with Gasteiger partial charge < -0.3 is 4.42 Å². The van der Waals surface area contributed by atoms with Crippen molar-refractivity contribution >= 4 is 21.9 Å². The molecule has 0 saturated carbocycles. The van der Waals surface area contributed by atoms with Crippen LogP contribution in [-0.2, 0) is 7.05 Å². The van der Waals surface area contributed by atoms with Crippen molar-refractivity contribution in [3.8, 4) is 11.3 Å². The number of aromatic nitrogens is 1. The summed E-state index contributed by atoms with van der Waals surface area (Å²) >= 11 is 0. The normalized spacial score (nSPS) is 14.0. The van der Waals surface area contributed by atoms with Crippen LogP contribution in [0, 0.1) is 13.8 Å². The molecule has 0 amide bonds. The maximum Gasteiger partial charge on any atom is 0.212 e. The molecule has 0 N–H and O–H groups in total. The third-order valence-electron chi connectivity index (χ3n) is 4.13. The highest BCUT2D eigenvalue weighted by atomic mass is 16.3. The van der Waals surface area contributed by atoms with Gasteiger partial charge in [0.25, 0.3) is 0 Å². The lowest BCUT2D eigenvalue weighted by molar-refractivity contribution is -0.660. The Kier molecular flexibility index (Phi) is 2.17.